The summed E-state index contributed by atoms with van der Waals surface area (Å²) in [5.41, 5.74) is 8.11. The van der Waals surface area contributed by atoms with Gasteiger partial charge in [0.05, 0.1) is 18.7 Å². The molecule has 3 nitrogen and oxygen atoms in total. The number of hydrogen-bond acceptors (Lipinski definition) is 3. The zero-order chi connectivity index (χ0) is 13.0. The van der Waals surface area contributed by atoms with Crippen molar-refractivity contribution in [2.75, 3.05) is 20.8 Å². The summed E-state index contributed by atoms with van der Waals surface area (Å²) in [5, 5.41) is 0. The van der Waals surface area contributed by atoms with Crippen LogP contribution in [-0.2, 0) is 6.42 Å². The fraction of sp³-hybridized carbons (Fsp3) is 0.538. The molecule has 0 aliphatic carbocycles. The Morgan fingerprint density at radius 2 is 1.94 bits per heavy atom. The van der Waals surface area contributed by atoms with E-state index in [1.165, 1.54) is 11.1 Å². The van der Waals surface area contributed by atoms with Gasteiger partial charge < -0.3 is 15.2 Å². The first-order valence-corrected chi connectivity index (χ1v) is 6.49. The lowest BCUT2D eigenvalue weighted by atomic mass is 9.94. The average molecular weight is 302 g/mol. The minimum atomic E-state index is 0.408. The molecule has 0 saturated heterocycles. The van der Waals surface area contributed by atoms with Crippen LogP contribution < -0.4 is 15.2 Å². The molecule has 1 aromatic carbocycles. The normalized spacial score (nSPS) is 10.8. The van der Waals surface area contributed by atoms with Gasteiger partial charge in [-0.05, 0) is 52.0 Å². The van der Waals surface area contributed by atoms with Gasteiger partial charge in [-0.3, -0.25) is 0 Å². The van der Waals surface area contributed by atoms with E-state index in [4.69, 9.17) is 15.2 Å². The van der Waals surface area contributed by atoms with Crippen molar-refractivity contribution < 1.29 is 9.47 Å². The van der Waals surface area contributed by atoms with E-state index in [9.17, 15) is 0 Å². The second-order valence-electron chi connectivity index (χ2n) is 4.19. The lowest BCUT2D eigenvalue weighted by Gasteiger charge is -2.19. The Morgan fingerprint density at radius 3 is 2.35 bits per heavy atom. The van der Waals surface area contributed by atoms with Crippen LogP contribution in [0.5, 0.6) is 11.5 Å². The fourth-order valence-corrected chi connectivity index (χ4v) is 3.07. The van der Waals surface area contributed by atoms with Crippen LogP contribution in [0.2, 0.25) is 0 Å². The van der Waals surface area contributed by atoms with E-state index in [0.29, 0.717) is 12.5 Å². The third-order valence-electron chi connectivity index (χ3n) is 2.73. The monoisotopic (exact) mass is 301 g/mol. The molecule has 0 atom stereocenters. The molecule has 2 N–H and O–H groups in total. The van der Waals surface area contributed by atoms with Crippen molar-refractivity contribution in [1.82, 2.24) is 0 Å². The average Bonchev–Trinajstić information content (AvgIpc) is 2.28. The predicted molar refractivity (Wildman–Crippen MR) is 74.1 cm³/mol. The van der Waals surface area contributed by atoms with E-state index in [0.717, 1.165) is 22.4 Å². The molecule has 96 valence electrons. The number of halogens is 1. The van der Waals surface area contributed by atoms with Gasteiger partial charge in [0, 0.05) is 0 Å². The van der Waals surface area contributed by atoms with Crippen LogP contribution in [0.25, 0.3) is 0 Å². The summed E-state index contributed by atoms with van der Waals surface area (Å²) in [6, 6.07) is 2.02. The minimum absolute atomic E-state index is 0.408. The van der Waals surface area contributed by atoms with Gasteiger partial charge in [0.1, 0.15) is 0 Å². The van der Waals surface area contributed by atoms with E-state index in [1.807, 2.05) is 6.07 Å². The first-order valence-electron chi connectivity index (χ1n) is 5.70. The summed E-state index contributed by atoms with van der Waals surface area (Å²) in [6.45, 7) is 4.94. The van der Waals surface area contributed by atoms with Crippen LogP contribution in [0.1, 0.15) is 30.9 Å². The number of ether oxygens (including phenoxy) is 2. The molecule has 0 aromatic heterocycles. The van der Waals surface area contributed by atoms with Crippen LogP contribution in [0.15, 0.2) is 10.5 Å². The third-order valence-corrected chi connectivity index (χ3v) is 3.51. The molecule has 0 fully saturated rings. The van der Waals surface area contributed by atoms with Crippen LogP contribution in [-0.4, -0.2) is 20.8 Å². The van der Waals surface area contributed by atoms with Gasteiger partial charge >= 0.3 is 0 Å². The van der Waals surface area contributed by atoms with Crippen molar-refractivity contribution in [1.29, 1.82) is 0 Å². The quantitative estimate of drug-likeness (QED) is 0.909. The Bertz CT molecular complexity index is 391. The number of nitrogens with two attached hydrogens (primary N) is 1. The maximum absolute atomic E-state index is 5.65. The molecule has 0 spiro atoms. The molecule has 0 unspecified atom stereocenters. The molecule has 17 heavy (non-hydrogen) atoms. The minimum Gasteiger partial charge on any atom is -0.493 e. The standard InChI is InChI=1S/C13H20BrNO2/c1-8(2)11-9(5-6-15)7-10(16-3)13(17-4)12(11)14/h7-8H,5-6,15H2,1-4H3. The Balaban J connectivity index is 3.44. The third kappa shape index (κ3) is 2.93. The van der Waals surface area contributed by atoms with Gasteiger partial charge in [0.15, 0.2) is 11.5 Å². The molecule has 4 heteroatoms. The summed E-state index contributed by atoms with van der Waals surface area (Å²) >= 11 is 3.61. The number of methoxy groups -OCH3 is 2. The van der Waals surface area contributed by atoms with E-state index in [2.05, 4.69) is 29.8 Å². The highest BCUT2D eigenvalue weighted by atomic mass is 79.9. The predicted octanol–water partition coefficient (Wildman–Crippen LogP) is 3.09. The van der Waals surface area contributed by atoms with Gasteiger partial charge in [-0.2, -0.15) is 0 Å². The van der Waals surface area contributed by atoms with E-state index in [-0.39, 0.29) is 0 Å². The van der Waals surface area contributed by atoms with Crippen molar-refractivity contribution in [2.24, 2.45) is 5.73 Å². The second-order valence-corrected chi connectivity index (χ2v) is 4.99. The van der Waals surface area contributed by atoms with Crippen molar-refractivity contribution in [3.8, 4) is 11.5 Å². The summed E-state index contributed by atoms with van der Waals surface area (Å²) < 4.78 is 11.7. The van der Waals surface area contributed by atoms with Gasteiger partial charge in [0.2, 0.25) is 0 Å². The van der Waals surface area contributed by atoms with E-state index >= 15 is 0 Å². The maximum atomic E-state index is 5.65. The zero-order valence-corrected chi connectivity index (χ0v) is 12.4. The van der Waals surface area contributed by atoms with Crippen molar-refractivity contribution >= 4 is 15.9 Å². The summed E-state index contributed by atoms with van der Waals surface area (Å²) in [7, 11) is 3.29. The first-order chi connectivity index (χ1) is 8.06. The molecule has 1 aromatic rings. The Labute approximate surface area is 111 Å². The number of hydrogen-bond donors (Lipinski definition) is 1. The summed E-state index contributed by atoms with van der Waals surface area (Å²) in [4.78, 5) is 0. The van der Waals surface area contributed by atoms with E-state index in [1.54, 1.807) is 14.2 Å². The van der Waals surface area contributed by atoms with Gasteiger partial charge in [-0.1, -0.05) is 13.8 Å². The zero-order valence-electron chi connectivity index (χ0n) is 10.8. The molecule has 1 rings (SSSR count). The topological polar surface area (TPSA) is 44.5 Å². The molecule has 0 aliphatic rings. The molecular weight excluding hydrogens is 282 g/mol. The van der Waals surface area contributed by atoms with Gasteiger partial charge in [0.25, 0.3) is 0 Å². The largest absolute Gasteiger partial charge is 0.493 e. The van der Waals surface area contributed by atoms with Crippen LogP contribution in [0.4, 0.5) is 0 Å². The number of rotatable bonds is 5. The highest BCUT2D eigenvalue weighted by molar-refractivity contribution is 9.10. The Morgan fingerprint density at radius 1 is 1.29 bits per heavy atom. The first kappa shape index (κ1) is 14.3. The van der Waals surface area contributed by atoms with E-state index < -0.39 is 0 Å². The Hall–Kier alpha value is -0.740. The molecule has 0 heterocycles. The maximum Gasteiger partial charge on any atom is 0.175 e. The summed E-state index contributed by atoms with van der Waals surface area (Å²) in [5.74, 6) is 1.90. The van der Waals surface area contributed by atoms with Crippen molar-refractivity contribution in [3.63, 3.8) is 0 Å². The van der Waals surface area contributed by atoms with Gasteiger partial charge in [-0.25, -0.2) is 0 Å². The molecule has 0 aliphatic heterocycles. The van der Waals surface area contributed by atoms with Crippen LogP contribution >= 0.6 is 15.9 Å². The van der Waals surface area contributed by atoms with Crippen LogP contribution in [0, 0.1) is 0 Å². The lowest BCUT2D eigenvalue weighted by Crippen LogP contribution is -2.08. The highest BCUT2D eigenvalue weighted by Crippen LogP contribution is 2.42. The molecular formula is C13H20BrNO2. The van der Waals surface area contributed by atoms with Crippen molar-refractivity contribution in [2.45, 2.75) is 26.2 Å². The van der Waals surface area contributed by atoms with Gasteiger partial charge in [-0.15, -0.1) is 0 Å². The smallest absolute Gasteiger partial charge is 0.175 e. The second kappa shape index (κ2) is 6.26. The SMILES string of the molecule is COc1cc(CCN)c(C(C)C)c(Br)c1OC. The molecule has 0 radical (unpaired) electrons. The van der Waals surface area contributed by atoms with Crippen molar-refractivity contribution in [3.05, 3.63) is 21.7 Å². The molecule has 0 saturated carbocycles. The fourth-order valence-electron chi connectivity index (χ4n) is 2.00. The molecule has 0 amide bonds. The number of benzene rings is 1. The highest BCUT2D eigenvalue weighted by Gasteiger charge is 2.19. The summed E-state index contributed by atoms with van der Waals surface area (Å²) in [6.07, 6.45) is 0.840. The molecule has 0 bridgehead atoms. The van der Waals surface area contributed by atoms with Crippen LogP contribution in [0.3, 0.4) is 0 Å². The Kier molecular flexibility index (Phi) is 5.28. The lowest BCUT2D eigenvalue weighted by molar-refractivity contribution is 0.352.